The first-order chi connectivity index (χ1) is 2.00. The Morgan fingerprint density at radius 3 is 1.60 bits per heavy atom. The molecule has 0 heterocycles. The first-order valence-corrected chi connectivity index (χ1v) is 4.26. The first-order valence-electron chi connectivity index (χ1n) is 0.724. The average Bonchev–Trinajstić information content (AvgIpc) is 0.722. The fraction of sp³-hybridized carbons (Fsp3) is 0. The van der Waals surface area contributed by atoms with Gasteiger partial charge in [0, 0.05) is 0 Å². The molecule has 0 aromatic carbocycles. The van der Waals surface area contributed by atoms with Gasteiger partial charge in [0.25, 0.3) is 0 Å². The van der Waals surface area contributed by atoms with Gasteiger partial charge in [0.2, 0.25) is 0 Å². The van der Waals surface area contributed by atoms with E-state index in [4.69, 9.17) is 9.79 Å². The Morgan fingerprint density at radius 1 is 1.60 bits per heavy atom. The predicted octanol–water partition coefficient (Wildman–Crippen LogP) is -0.374. The third-order valence-electron chi connectivity index (χ3n) is 0. The molecule has 0 aliphatic heterocycles. The molecule has 0 spiro atoms. The van der Waals surface area contributed by atoms with E-state index in [-0.39, 0.29) is 0 Å². The normalized spacial score (nSPS) is 12.0. The summed E-state index contributed by atoms with van der Waals surface area (Å²) < 4.78 is 9.26. The Bertz CT molecular complexity index is 53.0. The standard InChI is InChI=1S/HO3P.Pd/c1-4(2)3;/h(H-,1,2,3);/q;-1/p+1. The monoisotopic (exact) mass is 187 g/mol. The van der Waals surface area contributed by atoms with Crippen LogP contribution in [-0.2, 0) is 23.3 Å². The van der Waals surface area contributed by atoms with Crippen molar-refractivity contribution in [1.29, 1.82) is 0 Å². The van der Waals surface area contributed by atoms with E-state index in [9.17, 15) is 4.57 Å². The van der Waals surface area contributed by atoms with Crippen LogP contribution in [0.2, 0.25) is 0 Å². The van der Waals surface area contributed by atoms with Crippen LogP contribution in [-0.4, -0.2) is 9.79 Å². The van der Waals surface area contributed by atoms with E-state index in [0.717, 1.165) is 0 Å². The molecule has 0 rings (SSSR count). The van der Waals surface area contributed by atoms with Gasteiger partial charge in [-0.05, 0) is 0 Å². The Kier molecular flexibility index (Phi) is 1.75. The van der Waals surface area contributed by atoms with E-state index >= 15 is 0 Å². The van der Waals surface area contributed by atoms with Crippen LogP contribution in [0.4, 0.5) is 0 Å². The van der Waals surface area contributed by atoms with E-state index < -0.39 is 5.78 Å². The maximum atomic E-state index is 9.26. The molecule has 0 aliphatic carbocycles. The fourth-order valence-corrected chi connectivity index (χ4v) is 0. The van der Waals surface area contributed by atoms with Crippen molar-refractivity contribution in [3.8, 4) is 0 Å². The summed E-state index contributed by atoms with van der Waals surface area (Å²) in [5, 5.41) is 0. The molecule has 0 bridgehead atoms. The van der Waals surface area contributed by atoms with Crippen molar-refractivity contribution in [2.24, 2.45) is 0 Å². The summed E-state index contributed by atoms with van der Waals surface area (Å²) in [6.07, 6.45) is 0. The molecule has 0 radical (unpaired) electrons. The number of hydrogen-bond donors (Lipinski definition) is 2. The van der Waals surface area contributed by atoms with Crippen molar-refractivity contribution in [2.75, 3.05) is 0 Å². The zero-order valence-electron chi connectivity index (χ0n) is 2.07. The van der Waals surface area contributed by atoms with E-state index in [1.165, 1.54) is 0 Å². The minimum absolute atomic E-state index is 1.80. The van der Waals surface area contributed by atoms with Crippen LogP contribution in [0.5, 0.6) is 0 Å². The molecule has 5 heavy (non-hydrogen) atoms. The van der Waals surface area contributed by atoms with Gasteiger partial charge in [-0.1, -0.05) is 0 Å². The van der Waals surface area contributed by atoms with Crippen LogP contribution in [0.3, 0.4) is 0 Å². The van der Waals surface area contributed by atoms with Crippen LogP contribution < -0.4 is 0 Å². The predicted molar refractivity (Wildman–Crippen MR) is 12.0 cm³/mol. The second kappa shape index (κ2) is 1.51. The number of rotatable bonds is 0. The molecule has 0 aromatic rings. The van der Waals surface area contributed by atoms with E-state index in [1.54, 1.807) is 18.7 Å². The molecule has 0 saturated carbocycles. The summed E-state index contributed by atoms with van der Waals surface area (Å²) in [7, 11) is 0. The second-order valence-corrected chi connectivity index (χ2v) is 4.03. The van der Waals surface area contributed by atoms with Crippen LogP contribution >= 0.6 is 5.78 Å². The zero-order chi connectivity index (χ0) is 4.50. The third-order valence-corrected chi connectivity index (χ3v) is 0. The summed E-state index contributed by atoms with van der Waals surface area (Å²) in [6.45, 7) is 0. The average molecular weight is 187 g/mol. The molecule has 5 heteroatoms. The summed E-state index contributed by atoms with van der Waals surface area (Å²) >= 11 is 1.80. The van der Waals surface area contributed by atoms with Crippen molar-refractivity contribution in [1.82, 2.24) is 0 Å². The Labute approximate surface area is 39.4 Å². The van der Waals surface area contributed by atoms with Crippen molar-refractivity contribution < 1.29 is 33.1 Å². The van der Waals surface area contributed by atoms with E-state index in [0.29, 0.717) is 0 Å². The Balaban J connectivity index is 3.47. The minimum atomic E-state index is -3.79. The van der Waals surface area contributed by atoms with Gasteiger partial charge in [0.1, 0.15) is 0 Å². The summed E-state index contributed by atoms with van der Waals surface area (Å²) in [5.41, 5.74) is 0. The molecule has 0 atom stereocenters. The molecular weight excluding hydrogens is 185 g/mol. The van der Waals surface area contributed by atoms with Gasteiger partial charge in [-0.3, -0.25) is 0 Å². The Hall–Kier alpha value is 0.812. The Morgan fingerprint density at radius 2 is 1.60 bits per heavy atom. The van der Waals surface area contributed by atoms with Gasteiger partial charge in [-0.2, -0.15) is 0 Å². The van der Waals surface area contributed by atoms with Gasteiger partial charge in [0.15, 0.2) is 0 Å². The van der Waals surface area contributed by atoms with E-state index in [2.05, 4.69) is 0 Å². The van der Waals surface area contributed by atoms with Crippen molar-refractivity contribution in [3.63, 3.8) is 0 Å². The topological polar surface area (TPSA) is 57.5 Å². The molecule has 0 aromatic heterocycles. The van der Waals surface area contributed by atoms with Gasteiger partial charge < -0.3 is 0 Å². The third kappa shape index (κ3) is 57.7. The summed E-state index contributed by atoms with van der Waals surface area (Å²) in [5.74, 6) is -3.79. The van der Waals surface area contributed by atoms with Gasteiger partial charge in [-0.15, -0.1) is 0 Å². The van der Waals surface area contributed by atoms with Gasteiger partial charge in [-0.25, -0.2) is 0 Å². The molecule has 0 saturated heterocycles. The first kappa shape index (κ1) is 5.81. The van der Waals surface area contributed by atoms with Crippen LogP contribution in [0, 0.1) is 0 Å². The molecule has 35 valence electrons. The number of hydrogen-bond acceptors (Lipinski definition) is 1. The molecule has 0 fully saturated rings. The van der Waals surface area contributed by atoms with Crippen LogP contribution in [0.15, 0.2) is 0 Å². The SMILES string of the molecule is O=[P](O)(O)[Pd]. The fourth-order valence-electron chi connectivity index (χ4n) is 0. The summed E-state index contributed by atoms with van der Waals surface area (Å²) in [6, 6.07) is 0. The quantitative estimate of drug-likeness (QED) is 0.402. The van der Waals surface area contributed by atoms with Gasteiger partial charge in [0.05, 0.1) is 0 Å². The van der Waals surface area contributed by atoms with Crippen LogP contribution in [0.25, 0.3) is 0 Å². The maximum absolute atomic E-state index is 9.26. The summed E-state index contributed by atoms with van der Waals surface area (Å²) in [4.78, 5) is 15.1. The molecule has 0 aliphatic rings. The molecule has 3 nitrogen and oxygen atoms in total. The zero-order valence-corrected chi connectivity index (χ0v) is 4.52. The molecule has 0 unspecified atom stereocenters. The molecular formula is H2O3PPd. The van der Waals surface area contributed by atoms with Crippen LogP contribution in [0.1, 0.15) is 0 Å². The van der Waals surface area contributed by atoms with Crippen molar-refractivity contribution in [3.05, 3.63) is 0 Å². The molecule has 0 amide bonds. The molecule has 2 N–H and O–H groups in total. The van der Waals surface area contributed by atoms with E-state index in [1.807, 2.05) is 0 Å². The van der Waals surface area contributed by atoms with Gasteiger partial charge >= 0.3 is 38.8 Å². The van der Waals surface area contributed by atoms with Crippen molar-refractivity contribution >= 4 is 5.78 Å². The second-order valence-electron chi connectivity index (χ2n) is 0.437. The van der Waals surface area contributed by atoms with Crippen molar-refractivity contribution in [2.45, 2.75) is 0 Å².